The van der Waals surface area contributed by atoms with E-state index in [1.165, 1.54) is 31.1 Å². The fraction of sp³-hybridized carbons (Fsp3) is 0.471. The van der Waals surface area contributed by atoms with Gasteiger partial charge >= 0.3 is 5.97 Å². The number of nitrogens with one attached hydrogen (secondary N) is 1. The van der Waals surface area contributed by atoms with E-state index in [0.29, 0.717) is 18.1 Å². The molecule has 2 aliphatic rings. The molecule has 1 aromatic rings. The third-order valence-corrected chi connectivity index (χ3v) is 4.46. The molecule has 0 saturated heterocycles. The first-order valence-corrected chi connectivity index (χ1v) is 7.95. The minimum Gasteiger partial charge on any atom is -0.463 e. The number of non-ortho nitro benzene ring substituents is 1. The summed E-state index contributed by atoms with van der Waals surface area (Å²) in [6.07, 6.45) is 7.65. The Balaban J connectivity index is 1.85. The average molecular weight is 316 g/mol. The fourth-order valence-electron chi connectivity index (χ4n) is 2.94. The average Bonchev–Trinajstić information content (AvgIpc) is 3.39. The molecule has 0 aliphatic heterocycles. The van der Waals surface area contributed by atoms with Gasteiger partial charge in [0, 0.05) is 35.0 Å². The van der Waals surface area contributed by atoms with Crippen molar-refractivity contribution in [1.29, 1.82) is 0 Å². The molecule has 0 atom stereocenters. The van der Waals surface area contributed by atoms with Gasteiger partial charge in [0.1, 0.15) is 0 Å². The van der Waals surface area contributed by atoms with E-state index in [9.17, 15) is 14.9 Å². The number of carbonyl (C=O) groups is 1. The number of esters is 1. The van der Waals surface area contributed by atoms with Crippen LogP contribution in [0.1, 0.15) is 38.2 Å². The Labute approximate surface area is 134 Å². The van der Waals surface area contributed by atoms with Crippen molar-refractivity contribution in [3.8, 4) is 0 Å². The van der Waals surface area contributed by atoms with E-state index in [1.54, 1.807) is 19.1 Å². The maximum Gasteiger partial charge on any atom is 0.330 e. The zero-order chi connectivity index (χ0) is 16.4. The van der Waals surface area contributed by atoms with Gasteiger partial charge in [-0.3, -0.25) is 10.1 Å². The van der Waals surface area contributed by atoms with Gasteiger partial charge in [-0.25, -0.2) is 4.79 Å². The van der Waals surface area contributed by atoms with Crippen LogP contribution in [0.3, 0.4) is 0 Å². The second-order valence-corrected chi connectivity index (χ2v) is 6.17. The number of nitro benzene ring substituents is 1. The second-order valence-electron chi connectivity index (χ2n) is 6.17. The Kier molecular flexibility index (Phi) is 4.07. The first kappa shape index (κ1) is 15.5. The van der Waals surface area contributed by atoms with Crippen LogP contribution in [0, 0.1) is 16.0 Å². The van der Waals surface area contributed by atoms with Crippen LogP contribution in [0.5, 0.6) is 0 Å². The number of hydrogen-bond acceptors (Lipinski definition) is 5. The molecule has 2 saturated carbocycles. The molecule has 2 fully saturated rings. The second kappa shape index (κ2) is 6.02. The summed E-state index contributed by atoms with van der Waals surface area (Å²) in [4.78, 5) is 22.1. The predicted molar refractivity (Wildman–Crippen MR) is 87.1 cm³/mol. The van der Waals surface area contributed by atoms with E-state index in [0.717, 1.165) is 18.5 Å². The van der Waals surface area contributed by atoms with Crippen molar-refractivity contribution in [3.63, 3.8) is 0 Å². The molecule has 0 heterocycles. The summed E-state index contributed by atoms with van der Waals surface area (Å²) in [6, 6.07) is 4.71. The smallest absolute Gasteiger partial charge is 0.330 e. The molecule has 0 amide bonds. The minimum absolute atomic E-state index is 0.00956. The lowest BCUT2D eigenvalue weighted by Crippen LogP contribution is -2.24. The highest BCUT2D eigenvalue weighted by molar-refractivity contribution is 5.88. The Bertz CT molecular complexity index is 661. The van der Waals surface area contributed by atoms with Crippen molar-refractivity contribution in [1.82, 2.24) is 0 Å². The molecular weight excluding hydrogens is 296 g/mol. The van der Waals surface area contributed by atoms with Crippen LogP contribution in [-0.4, -0.2) is 23.0 Å². The van der Waals surface area contributed by atoms with Crippen molar-refractivity contribution < 1.29 is 14.5 Å². The normalized spacial score (nSPS) is 18.7. The van der Waals surface area contributed by atoms with Crippen LogP contribution < -0.4 is 5.32 Å². The Hall–Kier alpha value is -2.37. The first-order chi connectivity index (χ1) is 11.0. The third kappa shape index (κ3) is 3.52. The highest BCUT2D eigenvalue weighted by Crippen LogP contribution is 2.55. The highest BCUT2D eigenvalue weighted by atomic mass is 16.6. The van der Waals surface area contributed by atoms with Crippen molar-refractivity contribution in [2.75, 3.05) is 11.9 Å². The molecule has 23 heavy (non-hydrogen) atoms. The molecule has 1 aromatic carbocycles. The van der Waals surface area contributed by atoms with Gasteiger partial charge in [0.2, 0.25) is 0 Å². The molecular formula is C17H20N2O4. The predicted octanol–water partition coefficient (Wildman–Crippen LogP) is 3.53. The number of ether oxygens (including phenoxy) is 1. The van der Waals surface area contributed by atoms with Crippen LogP contribution in [-0.2, 0) is 9.53 Å². The molecule has 0 spiro atoms. The lowest BCUT2D eigenvalue weighted by Gasteiger charge is -2.19. The zero-order valence-electron chi connectivity index (χ0n) is 13.1. The van der Waals surface area contributed by atoms with Gasteiger partial charge in [0.25, 0.3) is 5.69 Å². The molecule has 1 N–H and O–H groups in total. The number of carbonyl (C=O) groups excluding carboxylic acids is 1. The summed E-state index contributed by atoms with van der Waals surface area (Å²) >= 11 is 0. The number of anilines is 1. The number of benzene rings is 1. The molecule has 0 radical (unpaired) electrons. The third-order valence-electron chi connectivity index (χ3n) is 4.46. The maximum atomic E-state index is 11.5. The van der Waals surface area contributed by atoms with Crippen LogP contribution >= 0.6 is 0 Å². The van der Waals surface area contributed by atoms with Gasteiger partial charge < -0.3 is 10.1 Å². The molecule has 3 rings (SSSR count). The van der Waals surface area contributed by atoms with E-state index in [4.69, 9.17) is 4.74 Å². The van der Waals surface area contributed by atoms with Gasteiger partial charge in [0.05, 0.1) is 11.5 Å². The van der Waals surface area contributed by atoms with Gasteiger partial charge in [-0.05, 0) is 50.7 Å². The number of nitrogens with zero attached hydrogens (tertiary/aromatic N) is 1. The van der Waals surface area contributed by atoms with Gasteiger partial charge in [0.15, 0.2) is 0 Å². The fourth-order valence-corrected chi connectivity index (χ4v) is 2.94. The molecule has 0 bridgehead atoms. The van der Waals surface area contributed by atoms with Crippen LogP contribution in [0.2, 0.25) is 0 Å². The maximum absolute atomic E-state index is 11.5. The monoisotopic (exact) mass is 316 g/mol. The van der Waals surface area contributed by atoms with Crippen LogP contribution in [0.25, 0.3) is 6.08 Å². The number of hydrogen-bond donors (Lipinski definition) is 1. The minimum atomic E-state index is -0.451. The standard InChI is InChI=1S/C17H20N2O4/c1-2-23-16(20)8-3-12-11-14(19(21)22)6-7-15(12)18-17(9-10-17)13-4-5-13/h3,6-8,11,13,18H,2,4-5,9-10H2,1H3/b8-3+. The number of nitro groups is 1. The quantitative estimate of drug-likeness (QED) is 0.360. The Morgan fingerprint density at radius 1 is 1.48 bits per heavy atom. The van der Waals surface area contributed by atoms with Crippen molar-refractivity contribution in [2.45, 2.75) is 38.1 Å². The summed E-state index contributed by atoms with van der Waals surface area (Å²) in [5.74, 6) is 0.257. The van der Waals surface area contributed by atoms with E-state index >= 15 is 0 Å². The molecule has 6 nitrogen and oxygen atoms in total. The molecule has 2 aliphatic carbocycles. The van der Waals surface area contributed by atoms with E-state index in [1.807, 2.05) is 0 Å². The van der Waals surface area contributed by atoms with Crippen molar-refractivity contribution in [3.05, 3.63) is 40.0 Å². The zero-order valence-corrected chi connectivity index (χ0v) is 13.1. The van der Waals surface area contributed by atoms with Gasteiger partial charge in [-0.1, -0.05) is 0 Å². The molecule has 122 valence electrons. The highest BCUT2D eigenvalue weighted by Gasteiger charge is 2.54. The Morgan fingerprint density at radius 2 is 2.22 bits per heavy atom. The van der Waals surface area contributed by atoms with E-state index in [2.05, 4.69) is 5.32 Å². The van der Waals surface area contributed by atoms with Crippen molar-refractivity contribution in [2.24, 2.45) is 5.92 Å². The van der Waals surface area contributed by atoms with Gasteiger partial charge in [-0.15, -0.1) is 0 Å². The summed E-state index contributed by atoms with van der Waals surface area (Å²) in [5, 5.41) is 14.5. The SMILES string of the molecule is CCOC(=O)/C=C/c1cc([N+](=O)[O-])ccc1NC1(C2CC2)CC1. The topological polar surface area (TPSA) is 81.5 Å². The van der Waals surface area contributed by atoms with Crippen molar-refractivity contribution >= 4 is 23.4 Å². The summed E-state index contributed by atoms with van der Waals surface area (Å²) in [6.45, 7) is 2.03. The Morgan fingerprint density at radius 3 is 2.78 bits per heavy atom. The summed E-state index contributed by atoms with van der Waals surface area (Å²) < 4.78 is 4.86. The molecule has 0 aromatic heterocycles. The van der Waals surface area contributed by atoms with E-state index < -0.39 is 10.9 Å². The van der Waals surface area contributed by atoms with E-state index in [-0.39, 0.29) is 11.2 Å². The van der Waals surface area contributed by atoms with Crippen LogP contribution in [0.4, 0.5) is 11.4 Å². The first-order valence-electron chi connectivity index (χ1n) is 7.95. The largest absolute Gasteiger partial charge is 0.463 e. The molecule has 6 heteroatoms. The lowest BCUT2D eigenvalue weighted by atomic mass is 10.1. The summed E-state index contributed by atoms with van der Waals surface area (Å²) in [5.41, 5.74) is 1.64. The van der Waals surface area contributed by atoms with Crippen LogP contribution in [0.15, 0.2) is 24.3 Å². The summed E-state index contributed by atoms with van der Waals surface area (Å²) in [7, 11) is 0. The number of rotatable bonds is 7. The van der Waals surface area contributed by atoms with Gasteiger partial charge in [-0.2, -0.15) is 0 Å². The molecule has 0 unspecified atom stereocenters. The lowest BCUT2D eigenvalue weighted by molar-refractivity contribution is -0.384.